The Morgan fingerprint density at radius 2 is 1.96 bits per heavy atom. The standard InChI is InChI=1S/C13H17ClF3N3O2S/c14-10-2-1-3-11(8-10)23(21,22)19-9-12(13(15,16)17)20-6-4-18-5-7-20/h1-3,8,12,18-19H,4-7,9H2. The highest BCUT2D eigenvalue weighted by Crippen LogP contribution is 2.25. The molecule has 5 nitrogen and oxygen atoms in total. The number of halogens is 4. The second kappa shape index (κ2) is 7.35. The van der Waals surface area contributed by atoms with Gasteiger partial charge in [0.2, 0.25) is 10.0 Å². The van der Waals surface area contributed by atoms with E-state index in [2.05, 4.69) is 5.32 Å². The van der Waals surface area contributed by atoms with Crippen molar-refractivity contribution in [2.45, 2.75) is 17.1 Å². The summed E-state index contributed by atoms with van der Waals surface area (Å²) in [5, 5.41) is 3.16. The van der Waals surface area contributed by atoms with Crippen molar-refractivity contribution in [1.29, 1.82) is 0 Å². The predicted molar refractivity (Wildman–Crippen MR) is 80.9 cm³/mol. The van der Waals surface area contributed by atoms with E-state index < -0.39 is 28.8 Å². The van der Waals surface area contributed by atoms with E-state index in [1.807, 2.05) is 4.72 Å². The fourth-order valence-electron chi connectivity index (χ4n) is 2.35. The number of alkyl halides is 3. The molecule has 2 N–H and O–H groups in total. The lowest BCUT2D eigenvalue weighted by molar-refractivity contribution is -0.182. The van der Waals surface area contributed by atoms with Gasteiger partial charge in [-0.15, -0.1) is 0 Å². The molecule has 1 unspecified atom stereocenters. The molecule has 0 saturated carbocycles. The van der Waals surface area contributed by atoms with Crippen molar-refractivity contribution in [3.63, 3.8) is 0 Å². The minimum absolute atomic E-state index is 0.161. The molecular weight excluding hydrogens is 355 g/mol. The molecule has 10 heteroatoms. The summed E-state index contributed by atoms with van der Waals surface area (Å²) in [6, 6.07) is 3.52. The van der Waals surface area contributed by atoms with E-state index in [0.717, 1.165) is 0 Å². The molecule has 1 aliphatic heterocycles. The van der Waals surface area contributed by atoms with Crippen LogP contribution < -0.4 is 10.0 Å². The highest BCUT2D eigenvalue weighted by Gasteiger charge is 2.44. The summed E-state index contributed by atoms with van der Waals surface area (Å²) in [6.07, 6.45) is -4.52. The Labute approximate surface area is 137 Å². The molecule has 0 amide bonds. The molecule has 1 fully saturated rings. The highest BCUT2D eigenvalue weighted by molar-refractivity contribution is 7.89. The van der Waals surface area contributed by atoms with Crippen LogP contribution in [-0.2, 0) is 10.0 Å². The van der Waals surface area contributed by atoms with Crippen molar-refractivity contribution < 1.29 is 21.6 Å². The average molecular weight is 372 g/mol. The average Bonchev–Trinajstić information content (AvgIpc) is 2.47. The second-order valence-electron chi connectivity index (χ2n) is 5.15. The molecule has 1 atom stereocenters. The lowest BCUT2D eigenvalue weighted by Gasteiger charge is -2.35. The van der Waals surface area contributed by atoms with Crippen molar-refractivity contribution in [3.05, 3.63) is 29.3 Å². The van der Waals surface area contributed by atoms with Gasteiger partial charge in [-0.05, 0) is 18.2 Å². The third kappa shape index (κ3) is 5.05. The number of nitrogens with zero attached hydrogens (tertiary/aromatic N) is 1. The second-order valence-corrected chi connectivity index (χ2v) is 7.36. The summed E-state index contributed by atoms with van der Waals surface area (Å²) in [5.41, 5.74) is 0. The zero-order valence-electron chi connectivity index (χ0n) is 12.1. The third-order valence-corrected chi connectivity index (χ3v) is 5.20. The van der Waals surface area contributed by atoms with E-state index in [0.29, 0.717) is 13.1 Å². The van der Waals surface area contributed by atoms with Gasteiger partial charge >= 0.3 is 6.18 Å². The molecule has 2 rings (SSSR count). The Hall–Kier alpha value is -0.870. The molecule has 1 aromatic rings. The first-order chi connectivity index (χ1) is 10.7. The minimum Gasteiger partial charge on any atom is -0.314 e. The van der Waals surface area contributed by atoms with Gasteiger partial charge in [0.05, 0.1) is 4.90 Å². The van der Waals surface area contributed by atoms with Gasteiger partial charge in [-0.2, -0.15) is 13.2 Å². The molecular formula is C13H17ClF3N3O2S. The molecule has 0 spiro atoms. The van der Waals surface area contributed by atoms with Crippen LogP contribution in [0.25, 0.3) is 0 Å². The van der Waals surface area contributed by atoms with Crippen LogP contribution in [0, 0.1) is 0 Å². The number of nitrogens with one attached hydrogen (secondary N) is 2. The SMILES string of the molecule is O=S(=O)(NCC(N1CCNCC1)C(F)(F)F)c1cccc(Cl)c1. The molecule has 130 valence electrons. The van der Waals surface area contributed by atoms with Crippen molar-refractivity contribution in [1.82, 2.24) is 14.9 Å². The summed E-state index contributed by atoms with van der Waals surface area (Å²) < 4.78 is 66.0. The van der Waals surface area contributed by atoms with Crippen LogP contribution in [0.5, 0.6) is 0 Å². The molecule has 1 heterocycles. The molecule has 1 aromatic carbocycles. The fraction of sp³-hybridized carbons (Fsp3) is 0.538. The molecule has 0 radical (unpaired) electrons. The van der Waals surface area contributed by atoms with Crippen LogP contribution in [0.15, 0.2) is 29.2 Å². The Kier molecular flexibility index (Phi) is 5.90. The van der Waals surface area contributed by atoms with Crippen LogP contribution >= 0.6 is 11.6 Å². The monoisotopic (exact) mass is 371 g/mol. The summed E-state index contributed by atoms with van der Waals surface area (Å²) in [5.74, 6) is 0. The van der Waals surface area contributed by atoms with Gasteiger partial charge < -0.3 is 5.32 Å². The van der Waals surface area contributed by atoms with Gasteiger partial charge in [-0.3, -0.25) is 4.90 Å². The van der Waals surface area contributed by atoms with Crippen LogP contribution in [0.4, 0.5) is 13.2 Å². The van der Waals surface area contributed by atoms with Crippen molar-refractivity contribution in [2.75, 3.05) is 32.7 Å². The van der Waals surface area contributed by atoms with E-state index in [9.17, 15) is 21.6 Å². The van der Waals surface area contributed by atoms with E-state index in [1.165, 1.54) is 29.2 Å². The zero-order chi connectivity index (χ0) is 17.1. The Balaban J connectivity index is 2.11. The molecule has 1 saturated heterocycles. The summed E-state index contributed by atoms with van der Waals surface area (Å²) in [6.45, 7) is 0.561. The molecule has 0 aliphatic carbocycles. The number of rotatable bonds is 5. The number of hydrogen-bond acceptors (Lipinski definition) is 4. The lowest BCUT2D eigenvalue weighted by Crippen LogP contribution is -2.57. The van der Waals surface area contributed by atoms with Crippen LogP contribution in [0.3, 0.4) is 0 Å². The topological polar surface area (TPSA) is 61.4 Å². The summed E-state index contributed by atoms with van der Waals surface area (Å²) in [4.78, 5) is 1.07. The minimum atomic E-state index is -4.52. The predicted octanol–water partition coefficient (Wildman–Crippen LogP) is 1.45. The quantitative estimate of drug-likeness (QED) is 0.822. The molecule has 0 aromatic heterocycles. The van der Waals surface area contributed by atoms with Gasteiger partial charge in [0.25, 0.3) is 0 Å². The number of hydrogen-bond donors (Lipinski definition) is 2. The van der Waals surface area contributed by atoms with Gasteiger partial charge in [-0.1, -0.05) is 17.7 Å². The smallest absolute Gasteiger partial charge is 0.314 e. The van der Waals surface area contributed by atoms with Crippen LogP contribution in [0.2, 0.25) is 5.02 Å². The van der Waals surface area contributed by atoms with Crippen molar-refractivity contribution >= 4 is 21.6 Å². The van der Waals surface area contributed by atoms with Crippen molar-refractivity contribution in [2.24, 2.45) is 0 Å². The molecule has 1 aliphatic rings. The maximum absolute atomic E-state index is 13.2. The molecule has 23 heavy (non-hydrogen) atoms. The van der Waals surface area contributed by atoms with E-state index in [1.54, 1.807) is 0 Å². The van der Waals surface area contributed by atoms with Crippen molar-refractivity contribution in [3.8, 4) is 0 Å². The maximum Gasteiger partial charge on any atom is 0.405 e. The zero-order valence-corrected chi connectivity index (χ0v) is 13.7. The normalized spacial score (nSPS) is 18.8. The van der Waals surface area contributed by atoms with Crippen LogP contribution in [0.1, 0.15) is 0 Å². The summed E-state index contributed by atoms with van der Waals surface area (Å²) in [7, 11) is -4.05. The largest absolute Gasteiger partial charge is 0.405 e. The lowest BCUT2D eigenvalue weighted by atomic mass is 10.2. The van der Waals surface area contributed by atoms with E-state index in [4.69, 9.17) is 11.6 Å². The number of sulfonamides is 1. The van der Waals surface area contributed by atoms with Gasteiger partial charge in [0.1, 0.15) is 6.04 Å². The Morgan fingerprint density at radius 1 is 1.30 bits per heavy atom. The Morgan fingerprint density at radius 3 is 2.52 bits per heavy atom. The van der Waals surface area contributed by atoms with E-state index in [-0.39, 0.29) is 23.0 Å². The first-order valence-corrected chi connectivity index (χ1v) is 8.83. The van der Waals surface area contributed by atoms with Gasteiger partial charge in [-0.25, -0.2) is 13.1 Å². The summed E-state index contributed by atoms with van der Waals surface area (Å²) >= 11 is 5.72. The maximum atomic E-state index is 13.2. The fourth-order valence-corrected chi connectivity index (χ4v) is 3.69. The number of benzene rings is 1. The molecule has 0 bridgehead atoms. The highest BCUT2D eigenvalue weighted by atomic mass is 35.5. The van der Waals surface area contributed by atoms with Crippen LogP contribution in [-0.4, -0.2) is 58.3 Å². The van der Waals surface area contributed by atoms with Gasteiger partial charge in [0, 0.05) is 37.7 Å². The Bertz CT molecular complexity index is 634. The van der Waals surface area contributed by atoms with Gasteiger partial charge in [0.15, 0.2) is 0 Å². The first kappa shape index (κ1) is 18.5. The number of piperazine rings is 1. The first-order valence-electron chi connectivity index (χ1n) is 6.97. The van der Waals surface area contributed by atoms with E-state index >= 15 is 0 Å². The third-order valence-electron chi connectivity index (χ3n) is 3.54.